The van der Waals surface area contributed by atoms with Crippen molar-refractivity contribution in [2.45, 2.75) is 18.9 Å². The van der Waals surface area contributed by atoms with E-state index in [1.165, 1.54) is 12.1 Å². The van der Waals surface area contributed by atoms with E-state index in [0.717, 1.165) is 23.1 Å². The van der Waals surface area contributed by atoms with Crippen molar-refractivity contribution < 1.29 is 18.7 Å². The molecule has 1 atom stereocenters. The summed E-state index contributed by atoms with van der Waals surface area (Å²) in [5.74, 6) is 1.42. The molecule has 8 heteroatoms. The molecule has 2 heterocycles. The first-order valence-corrected chi connectivity index (χ1v) is 12.3. The molecule has 0 radical (unpaired) electrons. The summed E-state index contributed by atoms with van der Waals surface area (Å²) in [4.78, 5) is 29.9. The highest BCUT2D eigenvalue weighted by molar-refractivity contribution is 5.98. The average Bonchev–Trinajstić information content (AvgIpc) is 3.52. The van der Waals surface area contributed by atoms with Gasteiger partial charge >= 0.3 is 0 Å². The van der Waals surface area contributed by atoms with E-state index in [0.29, 0.717) is 30.2 Å². The number of likely N-dealkylation sites (tertiary alicyclic amines) is 1. The molecular formula is C29H29FN4O3. The van der Waals surface area contributed by atoms with Crippen molar-refractivity contribution in [3.8, 4) is 11.5 Å². The number of nitrogens with zero attached hydrogens (tertiary/aromatic N) is 3. The molecule has 1 saturated heterocycles. The fourth-order valence-corrected chi connectivity index (χ4v) is 4.82. The highest BCUT2D eigenvalue weighted by Gasteiger charge is 2.34. The maximum absolute atomic E-state index is 13.2. The van der Waals surface area contributed by atoms with E-state index >= 15 is 0 Å². The second-order valence-electron chi connectivity index (χ2n) is 9.29. The Morgan fingerprint density at radius 3 is 2.41 bits per heavy atom. The number of rotatable bonds is 7. The van der Waals surface area contributed by atoms with Crippen LogP contribution < -0.4 is 15.0 Å². The summed E-state index contributed by atoms with van der Waals surface area (Å²) in [7, 11) is 3.88. The van der Waals surface area contributed by atoms with Gasteiger partial charge in [-0.3, -0.25) is 9.59 Å². The zero-order valence-electron chi connectivity index (χ0n) is 20.9. The van der Waals surface area contributed by atoms with Crippen LogP contribution in [0.5, 0.6) is 11.5 Å². The van der Waals surface area contributed by atoms with Gasteiger partial charge in [0.05, 0.1) is 6.54 Å². The number of aryl methyl sites for hydroxylation is 1. The van der Waals surface area contributed by atoms with E-state index in [9.17, 15) is 14.0 Å². The zero-order valence-corrected chi connectivity index (χ0v) is 20.9. The van der Waals surface area contributed by atoms with Crippen LogP contribution in [0.3, 0.4) is 0 Å². The lowest BCUT2D eigenvalue weighted by Gasteiger charge is -2.27. The van der Waals surface area contributed by atoms with E-state index in [-0.39, 0.29) is 24.2 Å². The van der Waals surface area contributed by atoms with Crippen LogP contribution in [0.4, 0.5) is 15.9 Å². The third-order valence-corrected chi connectivity index (χ3v) is 6.74. The Balaban J connectivity index is 1.20. The van der Waals surface area contributed by atoms with Gasteiger partial charge in [-0.1, -0.05) is 18.2 Å². The quantitative estimate of drug-likeness (QED) is 0.380. The molecule has 1 N–H and O–H groups in total. The number of hydrogen-bond donors (Lipinski definition) is 1. The molecule has 0 spiro atoms. The third-order valence-electron chi connectivity index (χ3n) is 6.74. The van der Waals surface area contributed by atoms with Gasteiger partial charge in [-0.05, 0) is 73.5 Å². The monoisotopic (exact) mass is 500 g/mol. The van der Waals surface area contributed by atoms with Gasteiger partial charge in [0.25, 0.3) is 0 Å². The van der Waals surface area contributed by atoms with Crippen LogP contribution >= 0.6 is 0 Å². The Morgan fingerprint density at radius 2 is 1.70 bits per heavy atom. The van der Waals surface area contributed by atoms with E-state index < -0.39 is 6.04 Å². The number of carbonyl (C=O) groups excluding carboxylic acids is 2. The van der Waals surface area contributed by atoms with Crippen LogP contribution in [-0.4, -0.2) is 47.5 Å². The minimum Gasteiger partial charge on any atom is -0.457 e. The van der Waals surface area contributed by atoms with Crippen LogP contribution in [-0.2, 0) is 16.6 Å². The number of amides is 2. The fraction of sp³-hybridized carbons (Fsp3) is 0.241. The molecule has 0 bridgehead atoms. The number of fused-ring (bicyclic) bond motifs is 1. The standard InChI is InChI=1S/C29H29FN4O3/c1-32(27-18-20-6-3-4-7-25(20)33(27)2)19-28(35)34-17-5-8-26(34)29(36)31-22-11-15-24(16-12-22)37-23-13-9-21(30)10-14-23/h3-4,6-7,9-16,18,26H,5,8,17,19H2,1-2H3,(H,31,36). The molecule has 1 aromatic heterocycles. The van der Waals surface area contributed by atoms with Gasteiger partial charge in [-0.15, -0.1) is 0 Å². The lowest BCUT2D eigenvalue weighted by molar-refractivity contribution is -0.135. The largest absolute Gasteiger partial charge is 0.457 e. The topological polar surface area (TPSA) is 66.8 Å². The van der Waals surface area contributed by atoms with Gasteiger partial charge in [0.1, 0.15) is 29.2 Å². The Kier molecular flexibility index (Phi) is 6.81. The second kappa shape index (κ2) is 10.3. The maximum atomic E-state index is 13.2. The number of anilines is 2. The van der Waals surface area contributed by atoms with E-state index in [1.54, 1.807) is 41.3 Å². The van der Waals surface area contributed by atoms with Crippen LogP contribution in [0.25, 0.3) is 10.9 Å². The van der Waals surface area contributed by atoms with Crippen LogP contribution in [0.15, 0.2) is 78.9 Å². The van der Waals surface area contributed by atoms with Gasteiger partial charge < -0.3 is 24.4 Å². The highest BCUT2D eigenvalue weighted by Crippen LogP contribution is 2.27. The SMILES string of the molecule is CN(CC(=O)N1CCCC1C(=O)Nc1ccc(Oc2ccc(F)cc2)cc1)c1cc2ccccc2n1C. The molecule has 0 saturated carbocycles. The minimum absolute atomic E-state index is 0.0755. The Bertz CT molecular complexity index is 1420. The van der Waals surface area contributed by atoms with Crippen LogP contribution in [0.2, 0.25) is 0 Å². The van der Waals surface area contributed by atoms with Gasteiger partial charge in [0, 0.05) is 37.2 Å². The molecule has 3 aromatic carbocycles. The molecule has 5 rings (SSSR count). The average molecular weight is 501 g/mol. The van der Waals surface area contributed by atoms with E-state index in [1.807, 2.05) is 31.1 Å². The van der Waals surface area contributed by atoms with E-state index in [4.69, 9.17) is 4.74 Å². The minimum atomic E-state index is -0.511. The molecule has 1 unspecified atom stereocenters. The summed E-state index contributed by atoms with van der Waals surface area (Å²) < 4.78 is 20.9. The second-order valence-corrected chi connectivity index (χ2v) is 9.29. The highest BCUT2D eigenvalue weighted by atomic mass is 19.1. The van der Waals surface area contributed by atoms with Gasteiger partial charge in [0.2, 0.25) is 11.8 Å². The summed E-state index contributed by atoms with van der Waals surface area (Å²) >= 11 is 0. The van der Waals surface area contributed by atoms with Crippen LogP contribution in [0.1, 0.15) is 12.8 Å². The first-order valence-electron chi connectivity index (χ1n) is 12.3. The van der Waals surface area contributed by atoms with E-state index in [2.05, 4.69) is 28.1 Å². The first-order chi connectivity index (χ1) is 17.9. The Hall–Kier alpha value is -4.33. The Morgan fingerprint density at radius 1 is 1.03 bits per heavy atom. The summed E-state index contributed by atoms with van der Waals surface area (Å²) in [6, 6.07) is 22.4. The molecule has 1 aliphatic rings. The molecule has 4 aromatic rings. The number of para-hydroxylation sites is 1. The molecule has 2 amide bonds. The molecule has 190 valence electrons. The molecule has 1 fully saturated rings. The first kappa shape index (κ1) is 24.4. The van der Waals surface area contributed by atoms with Crippen molar-refractivity contribution in [3.05, 3.63) is 84.7 Å². The maximum Gasteiger partial charge on any atom is 0.247 e. The van der Waals surface area contributed by atoms with Crippen LogP contribution in [0, 0.1) is 5.82 Å². The number of ether oxygens (including phenoxy) is 1. The predicted molar refractivity (Wildman–Crippen MR) is 142 cm³/mol. The van der Waals surface area contributed by atoms with Crippen molar-refractivity contribution >= 4 is 34.2 Å². The molecule has 1 aliphatic heterocycles. The summed E-state index contributed by atoms with van der Waals surface area (Å²) in [6.45, 7) is 0.744. The molecule has 7 nitrogen and oxygen atoms in total. The lowest BCUT2D eigenvalue weighted by Crippen LogP contribution is -2.46. The zero-order chi connectivity index (χ0) is 25.9. The number of likely N-dealkylation sites (N-methyl/N-ethyl adjacent to an activating group) is 1. The number of carbonyl (C=O) groups is 2. The predicted octanol–water partition coefficient (Wildman–Crippen LogP) is 5.18. The fourth-order valence-electron chi connectivity index (χ4n) is 4.82. The smallest absolute Gasteiger partial charge is 0.247 e. The van der Waals surface area contributed by atoms with Crippen molar-refractivity contribution in [3.63, 3.8) is 0 Å². The number of aromatic nitrogens is 1. The van der Waals surface area contributed by atoms with Crippen molar-refractivity contribution in [2.75, 3.05) is 30.4 Å². The van der Waals surface area contributed by atoms with Crippen molar-refractivity contribution in [1.82, 2.24) is 9.47 Å². The summed E-state index contributed by atoms with van der Waals surface area (Å²) in [6.07, 6.45) is 1.41. The number of halogens is 1. The van der Waals surface area contributed by atoms with Crippen molar-refractivity contribution in [2.24, 2.45) is 7.05 Å². The van der Waals surface area contributed by atoms with Gasteiger partial charge in [-0.25, -0.2) is 4.39 Å². The molecule has 0 aliphatic carbocycles. The summed E-state index contributed by atoms with van der Waals surface area (Å²) in [5, 5.41) is 4.04. The number of hydrogen-bond acceptors (Lipinski definition) is 4. The van der Waals surface area contributed by atoms with Gasteiger partial charge in [-0.2, -0.15) is 0 Å². The van der Waals surface area contributed by atoms with Crippen molar-refractivity contribution in [1.29, 1.82) is 0 Å². The Labute approximate surface area is 215 Å². The number of nitrogens with one attached hydrogen (secondary N) is 1. The normalized spacial score (nSPS) is 15.1. The van der Waals surface area contributed by atoms with Gasteiger partial charge in [0.15, 0.2) is 0 Å². The molecular weight excluding hydrogens is 471 g/mol. The number of benzene rings is 3. The third kappa shape index (κ3) is 5.28. The summed E-state index contributed by atoms with van der Waals surface area (Å²) in [5.41, 5.74) is 1.72. The lowest BCUT2D eigenvalue weighted by atomic mass is 10.2. The molecule has 37 heavy (non-hydrogen) atoms.